The number of unbranched alkanes of at least 4 members (excludes halogenated alkanes) is 8. The van der Waals surface area contributed by atoms with Crippen LogP contribution in [0.15, 0.2) is 24.3 Å². The summed E-state index contributed by atoms with van der Waals surface area (Å²) in [6.07, 6.45) is 23.6. The van der Waals surface area contributed by atoms with Crippen molar-refractivity contribution in [3.63, 3.8) is 0 Å². The summed E-state index contributed by atoms with van der Waals surface area (Å²) in [6.45, 7) is 3.10. The van der Waals surface area contributed by atoms with Crippen LogP contribution in [0.2, 0.25) is 0 Å². The minimum Gasteiger partial charge on any atom is -0.309 e. The van der Waals surface area contributed by atoms with Crippen molar-refractivity contribution in [3.05, 3.63) is 24.3 Å². The fourth-order valence-corrected chi connectivity index (χ4v) is 2.93. The van der Waals surface area contributed by atoms with Crippen molar-refractivity contribution in [3.8, 4) is 0 Å². The Morgan fingerprint density at radius 2 is 1.25 bits per heavy atom. The molecule has 0 rings (SSSR count). The maximum Gasteiger partial charge on any atom is 0.226 e. The minimum absolute atomic E-state index is 0.125. The first-order chi connectivity index (χ1) is 13.6. The van der Waals surface area contributed by atoms with Crippen LogP contribution in [-0.2, 0) is 9.59 Å². The Morgan fingerprint density at radius 3 is 1.86 bits per heavy atom. The quantitative estimate of drug-likeness (QED) is 0.237. The van der Waals surface area contributed by atoms with Gasteiger partial charge in [0.25, 0.3) is 0 Å². The van der Waals surface area contributed by atoms with Gasteiger partial charge in [0.1, 0.15) is 0 Å². The van der Waals surface area contributed by atoms with E-state index in [0.29, 0.717) is 12.8 Å². The molecule has 0 fully saturated rings. The predicted molar refractivity (Wildman–Crippen MR) is 120 cm³/mol. The van der Waals surface area contributed by atoms with Crippen LogP contribution in [0.3, 0.4) is 0 Å². The van der Waals surface area contributed by atoms with Gasteiger partial charge in [-0.25, -0.2) is 0 Å². The van der Waals surface area contributed by atoms with E-state index < -0.39 is 0 Å². The monoisotopic (exact) mass is 392 g/mol. The summed E-state index contributed by atoms with van der Waals surface area (Å²) >= 11 is 0. The van der Waals surface area contributed by atoms with Crippen LogP contribution in [0, 0.1) is 0 Å². The van der Waals surface area contributed by atoms with Gasteiger partial charge in [0.15, 0.2) is 0 Å². The van der Waals surface area contributed by atoms with E-state index in [1.165, 1.54) is 38.5 Å². The van der Waals surface area contributed by atoms with Gasteiger partial charge >= 0.3 is 0 Å². The molecule has 1 N–H and O–H groups in total. The highest BCUT2D eigenvalue weighted by Gasteiger charge is 2.07. The summed E-state index contributed by atoms with van der Waals surface area (Å²) in [6, 6.07) is 0. The topological polar surface area (TPSA) is 49.4 Å². The van der Waals surface area contributed by atoms with Gasteiger partial charge < -0.3 is 4.90 Å². The van der Waals surface area contributed by atoms with Crippen LogP contribution >= 0.6 is 0 Å². The smallest absolute Gasteiger partial charge is 0.226 e. The molecular formula is C24H44N2O2. The molecule has 0 spiro atoms. The van der Waals surface area contributed by atoms with E-state index in [1.54, 1.807) is 0 Å². The lowest BCUT2D eigenvalue weighted by Crippen LogP contribution is -2.30. The second kappa shape index (κ2) is 20.3. The predicted octanol–water partition coefficient (Wildman–Crippen LogP) is 5.78. The first-order valence-corrected chi connectivity index (χ1v) is 11.3. The highest BCUT2D eigenvalue weighted by Crippen LogP contribution is 2.08. The number of rotatable bonds is 18. The normalized spacial score (nSPS) is 11.7. The van der Waals surface area contributed by atoms with Gasteiger partial charge in [0.05, 0.1) is 0 Å². The van der Waals surface area contributed by atoms with Crippen molar-refractivity contribution in [2.75, 3.05) is 20.6 Å². The Balaban J connectivity index is 3.41. The number of allylic oxidation sites excluding steroid dienone is 4. The molecule has 0 atom stereocenters. The van der Waals surface area contributed by atoms with Gasteiger partial charge in [0.2, 0.25) is 11.8 Å². The van der Waals surface area contributed by atoms with E-state index in [4.69, 9.17) is 0 Å². The number of amides is 2. The molecule has 4 heteroatoms. The van der Waals surface area contributed by atoms with E-state index in [9.17, 15) is 9.59 Å². The molecule has 0 aromatic carbocycles. The molecule has 28 heavy (non-hydrogen) atoms. The number of hydrogen-bond donors (Lipinski definition) is 1. The molecule has 2 amide bonds. The lowest BCUT2D eigenvalue weighted by Gasteiger charge is -2.08. The Kier molecular flexibility index (Phi) is 19.3. The average Bonchev–Trinajstić information content (AvgIpc) is 2.64. The molecule has 0 aromatic rings. The number of carbonyl (C=O) groups is 2. The number of imide groups is 1. The fourth-order valence-electron chi connectivity index (χ4n) is 2.93. The van der Waals surface area contributed by atoms with Crippen LogP contribution in [0.1, 0.15) is 96.8 Å². The van der Waals surface area contributed by atoms with Gasteiger partial charge in [-0.3, -0.25) is 14.9 Å². The Morgan fingerprint density at radius 1 is 0.714 bits per heavy atom. The Labute approximate surface area is 173 Å². The molecule has 0 aliphatic rings. The lowest BCUT2D eigenvalue weighted by atomic mass is 10.1. The minimum atomic E-state index is -0.144. The molecule has 0 unspecified atom stereocenters. The van der Waals surface area contributed by atoms with Crippen LogP contribution in [0.25, 0.3) is 0 Å². The van der Waals surface area contributed by atoms with Crippen molar-refractivity contribution < 1.29 is 9.59 Å². The Bertz CT molecular complexity index is 442. The average molecular weight is 393 g/mol. The van der Waals surface area contributed by atoms with E-state index in [2.05, 4.69) is 36.5 Å². The number of carbonyl (C=O) groups excluding carboxylic acids is 2. The van der Waals surface area contributed by atoms with Crippen molar-refractivity contribution in [2.24, 2.45) is 0 Å². The lowest BCUT2D eigenvalue weighted by molar-refractivity contribution is -0.130. The molecule has 0 saturated carbocycles. The molecule has 0 bridgehead atoms. The maximum absolute atomic E-state index is 11.7. The largest absolute Gasteiger partial charge is 0.309 e. The molecule has 0 aromatic heterocycles. The SMILES string of the molecule is CCCCC/C=C\C/C=C\CCCCCCCC(=O)NC(=O)CCCN(C)C. The molecule has 0 heterocycles. The van der Waals surface area contributed by atoms with E-state index in [1.807, 2.05) is 19.0 Å². The van der Waals surface area contributed by atoms with Crippen LogP contribution in [0.4, 0.5) is 0 Å². The van der Waals surface area contributed by atoms with Gasteiger partial charge in [-0.2, -0.15) is 0 Å². The fraction of sp³-hybridized carbons (Fsp3) is 0.750. The number of nitrogens with zero attached hydrogens (tertiary/aromatic N) is 1. The van der Waals surface area contributed by atoms with Gasteiger partial charge in [0, 0.05) is 12.8 Å². The highest BCUT2D eigenvalue weighted by atomic mass is 16.2. The zero-order valence-corrected chi connectivity index (χ0v) is 18.7. The molecule has 0 aliphatic carbocycles. The third-order valence-corrected chi connectivity index (χ3v) is 4.64. The van der Waals surface area contributed by atoms with E-state index in [0.717, 1.165) is 45.1 Å². The molecule has 0 radical (unpaired) electrons. The zero-order chi connectivity index (χ0) is 20.9. The van der Waals surface area contributed by atoms with Crippen molar-refractivity contribution in [1.29, 1.82) is 0 Å². The van der Waals surface area contributed by atoms with Crippen LogP contribution in [0.5, 0.6) is 0 Å². The number of nitrogens with one attached hydrogen (secondary N) is 1. The molecule has 0 saturated heterocycles. The molecule has 4 nitrogen and oxygen atoms in total. The van der Waals surface area contributed by atoms with Crippen molar-refractivity contribution >= 4 is 11.8 Å². The maximum atomic E-state index is 11.7. The highest BCUT2D eigenvalue weighted by molar-refractivity contribution is 5.95. The number of hydrogen-bond acceptors (Lipinski definition) is 3. The zero-order valence-electron chi connectivity index (χ0n) is 18.7. The molecular weight excluding hydrogens is 348 g/mol. The van der Waals surface area contributed by atoms with E-state index >= 15 is 0 Å². The van der Waals surface area contributed by atoms with Crippen LogP contribution in [-0.4, -0.2) is 37.4 Å². The van der Waals surface area contributed by atoms with Gasteiger partial charge in [-0.05, 0) is 65.6 Å². The summed E-state index contributed by atoms with van der Waals surface area (Å²) in [4.78, 5) is 25.4. The third kappa shape index (κ3) is 20.9. The summed E-state index contributed by atoms with van der Waals surface area (Å²) in [7, 11) is 3.96. The summed E-state index contributed by atoms with van der Waals surface area (Å²) in [5, 5.41) is 2.49. The van der Waals surface area contributed by atoms with Gasteiger partial charge in [-0.1, -0.05) is 63.3 Å². The van der Waals surface area contributed by atoms with Gasteiger partial charge in [-0.15, -0.1) is 0 Å². The Hall–Kier alpha value is -1.42. The second-order valence-electron chi connectivity index (χ2n) is 7.86. The van der Waals surface area contributed by atoms with Crippen LogP contribution < -0.4 is 5.32 Å². The molecule has 162 valence electrons. The van der Waals surface area contributed by atoms with Crippen molar-refractivity contribution in [2.45, 2.75) is 96.8 Å². The third-order valence-electron chi connectivity index (χ3n) is 4.64. The standard InChI is InChI=1S/C24H44N2O2/c1-4-5-6-7-8-9-10-11-12-13-14-15-16-17-18-20-23(27)25-24(28)21-19-22-26(2)3/h8-9,11-12H,4-7,10,13-22H2,1-3H3,(H,25,27,28)/b9-8-,12-11-. The summed E-state index contributed by atoms with van der Waals surface area (Å²) in [5.41, 5.74) is 0. The first kappa shape index (κ1) is 26.6. The summed E-state index contributed by atoms with van der Waals surface area (Å²) < 4.78 is 0. The second-order valence-corrected chi connectivity index (χ2v) is 7.86. The van der Waals surface area contributed by atoms with E-state index in [-0.39, 0.29) is 11.8 Å². The summed E-state index contributed by atoms with van der Waals surface area (Å²) in [5.74, 6) is -0.269. The first-order valence-electron chi connectivity index (χ1n) is 11.3. The molecule has 0 aliphatic heterocycles. The van der Waals surface area contributed by atoms with Crippen molar-refractivity contribution in [1.82, 2.24) is 10.2 Å².